The minimum atomic E-state index is -2.19. The van der Waals surface area contributed by atoms with Crippen LogP contribution in [0.15, 0.2) is 91.0 Å². The van der Waals surface area contributed by atoms with E-state index >= 15 is 0 Å². The van der Waals surface area contributed by atoms with E-state index in [2.05, 4.69) is 91.0 Å². The van der Waals surface area contributed by atoms with E-state index < -0.39 is 12.9 Å². The van der Waals surface area contributed by atoms with Gasteiger partial charge in [-0.2, -0.15) is 0 Å². The van der Waals surface area contributed by atoms with Crippen molar-refractivity contribution >= 4 is 23.2 Å². The number of hydrogen-bond acceptors (Lipinski definition) is 1. The summed E-state index contributed by atoms with van der Waals surface area (Å²) in [6.07, 6.45) is 1.76. The average Bonchev–Trinajstić information content (AvgIpc) is 2.64. The van der Waals surface area contributed by atoms with Crippen LogP contribution in [0.5, 0.6) is 0 Å². The van der Waals surface area contributed by atoms with Gasteiger partial charge in [-0.05, 0) is 0 Å². The van der Waals surface area contributed by atoms with Crippen LogP contribution in [-0.2, 0) is 0 Å². The van der Waals surface area contributed by atoms with E-state index in [1.165, 1.54) is 15.9 Å². The standard InChI is InChI=1S/C23H27OP/c1-23(2,24)18-19-25(20-12-6-3-7-13-20,21-14-8-4-9-15-21)22-16-10-5-11-17-22/h3-17,24-25H,18-19H2,1-2H3. The Balaban J connectivity index is 2.24. The molecule has 2 heteroatoms. The summed E-state index contributed by atoms with van der Waals surface area (Å²) in [6.45, 7) is 3.82. The van der Waals surface area contributed by atoms with Gasteiger partial charge in [-0.25, -0.2) is 0 Å². The number of aliphatic hydroxyl groups is 1. The molecule has 0 unspecified atom stereocenters. The van der Waals surface area contributed by atoms with Gasteiger partial charge in [-0.1, -0.05) is 0 Å². The van der Waals surface area contributed by atoms with Gasteiger partial charge >= 0.3 is 151 Å². The second-order valence-corrected chi connectivity index (χ2v) is 11.4. The van der Waals surface area contributed by atoms with E-state index in [1.807, 2.05) is 13.8 Å². The maximum absolute atomic E-state index is 10.4. The first-order chi connectivity index (χ1) is 12.0. The zero-order chi connectivity index (χ0) is 17.8. The summed E-state index contributed by atoms with van der Waals surface area (Å²) in [5.41, 5.74) is -0.670. The van der Waals surface area contributed by atoms with Crippen LogP contribution in [0.3, 0.4) is 0 Å². The third-order valence-corrected chi connectivity index (χ3v) is 9.87. The van der Waals surface area contributed by atoms with Gasteiger partial charge in [0.15, 0.2) is 0 Å². The average molecular weight is 350 g/mol. The van der Waals surface area contributed by atoms with Crippen molar-refractivity contribution in [1.82, 2.24) is 0 Å². The first-order valence-corrected chi connectivity index (χ1v) is 11.1. The monoisotopic (exact) mass is 350 g/mol. The number of hydrogen-bond donors (Lipinski definition) is 1. The first kappa shape index (κ1) is 17.9. The van der Waals surface area contributed by atoms with Crippen molar-refractivity contribution in [3.05, 3.63) is 91.0 Å². The van der Waals surface area contributed by atoms with Crippen LogP contribution in [0.25, 0.3) is 0 Å². The van der Waals surface area contributed by atoms with Crippen molar-refractivity contribution in [3.8, 4) is 0 Å². The Morgan fingerprint density at radius 3 is 1.24 bits per heavy atom. The molecule has 0 heterocycles. The predicted molar refractivity (Wildman–Crippen MR) is 112 cm³/mol. The van der Waals surface area contributed by atoms with Gasteiger partial charge in [-0.15, -0.1) is 0 Å². The van der Waals surface area contributed by atoms with Gasteiger partial charge in [0.1, 0.15) is 0 Å². The van der Waals surface area contributed by atoms with Gasteiger partial charge in [0.25, 0.3) is 0 Å². The minimum absolute atomic E-state index is 0.670. The van der Waals surface area contributed by atoms with Crippen LogP contribution in [0, 0.1) is 0 Å². The van der Waals surface area contributed by atoms with Crippen LogP contribution < -0.4 is 15.9 Å². The molecule has 0 aliphatic heterocycles. The van der Waals surface area contributed by atoms with Gasteiger partial charge in [0.05, 0.1) is 0 Å². The predicted octanol–water partition coefficient (Wildman–Crippen LogP) is 3.87. The molecule has 0 spiro atoms. The molecule has 0 radical (unpaired) electrons. The molecule has 1 nitrogen and oxygen atoms in total. The molecule has 130 valence electrons. The third-order valence-electron chi connectivity index (χ3n) is 4.91. The molecule has 1 N–H and O–H groups in total. The Hall–Kier alpha value is -1.95. The van der Waals surface area contributed by atoms with E-state index in [0.717, 1.165) is 12.6 Å². The van der Waals surface area contributed by atoms with Crippen molar-refractivity contribution in [3.63, 3.8) is 0 Å². The van der Waals surface area contributed by atoms with Gasteiger partial charge in [0.2, 0.25) is 0 Å². The summed E-state index contributed by atoms with van der Waals surface area (Å²) in [6, 6.07) is 32.6. The normalized spacial score (nSPS) is 12.8. The fourth-order valence-electron chi connectivity index (χ4n) is 3.59. The molecule has 0 aliphatic carbocycles. The molecular weight excluding hydrogens is 323 g/mol. The van der Waals surface area contributed by atoms with Crippen LogP contribution in [0.4, 0.5) is 0 Å². The fraction of sp³-hybridized carbons (Fsp3) is 0.217. The zero-order valence-corrected chi connectivity index (χ0v) is 16.0. The quantitative estimate of drug-likeness (QED) is 0.669. The van der Waals surface area contributed by atoms with Crippen LogP contribution in [0.1, 0.15) is 20.3 Å². The molecule has 0 aliphatic rings. The van der Waals surface area contributed by atoms with Crippen LogP contribution >= 0.6 is 7.26 Å². The van der Waals surface area contributed by atoms with E-state index in [0.29, 0.717) is 0 Å². The molecular formula is C23H27OP. The topological polar surface area (TPSA) is 20.2 Å². The number of benzene rings is 3. The van der Waals surface area contributed by atoms with Crippen molar-refractivity contribution in [2.24, 2.45) is 0 Å². The van der Waals surface area contributed by atoms with Crippen LogP contribution in [0.2, 0.25) is 0 Å². The van der Waals surface area contributed by atoms with E-state index in [9.17, 15) is 5.11 Å². The third kappa shape index (κ3) is 4.00. The van der Waals surface area contributed by atoms with Gasteiger partial charge in [-0.3, -0.25) is 0 Å². The van der Waals surface area contributed by atoms with Gasteiger partial charge < -0.3 is 0 Å². The maximum atomic E-state index is 10.4. The molecule has 0 fully saturated rings. The Morgan fingerprint density at radius 2 is 0.960 bits per heavy atom. The molecule has 0 saturated heterocycles. The van der Waals surface area contributed by atoms with Crippen molar-refractivity contribution in [1.29, 1.82) is 0 Å². The molecule has 0 atom stereocenters. The first-order valence-electron chi connectivity index (χ1n) is 8.91. The molecule has 3 rings (SSSR count). The fourth-order valence-corrected chi connectivity index (χ4v) is 8.73. The Morgan fingerprint density at radius 1 is 0.640 bits per heavy atom. The van der Waals surface area contributed by atoms with E-state index in [-0.39, 0.29) is 0 Å². The van der Waals surface area contributed by atoms with E-state index in [4.69, 9.17) is 0 Å². The second kappa shape index (κ2) is 7.52. The summed E-state index contributed by atoms with van der Waals surface area (Å²) >= 11 is 0. The van der Waals surface area contributed by atoms with Crippen LogP contribution in [-0.4, -0.2) is 16.9 Å². The molecule has 3 aromatic rings. The SMILES string of the molecule is CC(C)(O)CC[PH](c1ccccc1)(c1ccccc1)c1ccccc1. The summed E-state index contributed by atoms with van der Waals surface area (Å²) < 4.78 is 0. The molecule has 3 aromatic carbocycles. The molecule has 0 bridgehead atoms. The summed E-state index contributed by atoms with van der Waals surface area (Å²) in [4.78, 5) is 0. The van der Waals surface area contributed by atoms with E-state index in [1.54, 1.807) is 0 Å². The Bertz CT molecular complexity index is 680. The summed E-state index contributed by atoms with van der Waals surface area (Å²) in [7, 11) is -2.19. The van der Waals surface area contributed by atoms with Crippen molar-refractivity contribution < 1.29 is 5.11 Å². The van der Waals surface area contributed by atoms with Crippen molar-refractivity contribution in [2.45, 2.75) is 25.9 Å². The molecule has 0 saturated carbocycles. The molecule has 0 amide bonds. The zero-order valence-electron chi connectivity index (χ0n) is 15.0. The summed E-state index contributed by atoms with van der Waals surface area (Å²) in [5.74, 6) is 0. The summed E-state index contributed by atoms with van der Waals surface area (Å²) in [5, 5.41) is 14.6. The van der Waals surface area contributed by atoms with Gasteiger partial charge in [0, 0.05) is 0 Å². The Kier molecular flexibility index (Phi) is 5.37. The second-order valence-electron chi connectivity index (χ2n) is 7.32. The Labute approximate surface area is 151 Å². The molecule has 25 heavy (non-hydrogen) atoms. The van der Waals surface area contributed by atoms with Crippen molar-refractivity contribution in [2.75, 3.05) is 6.16 Å². The molecule has 0 aromatic heterocycles. The number of rotatable bonds is 6.